The molecule has 2 aromatic carbocycles. The van der Waals surface area contributed by atoms with Crippen LogP contribution in [0.5, 0.6) is 5.75 Å². The van der Waals surface area contributed by atoms with E-state index in [-0.39, 0.29) is 5.78 Å². The number of rotatable bonds is 5. The summed E-state index contributed by atoms with van der Waals surface area (Å²) in [7, 11) is 1.65. The van der Waals surface area contributed by atoms with E-state index in [1.165, 1.54) is 0 Å². The summed E-state index contributed by atoms with van der Waals surface area (Å²) < 4.78 is 5.33. The van der Waals surface area contributed by atoms with Gasteiger partial charge in [0.15, 0.2) is 5.78 Å². The lowest BCUT2D eigenvalue weighted by atomic mass is 9.99. The van der Waals surface area contributed by atoms with Crippen LogP contribution in [0.25, 0.3) is 0 Å². The first-order chi connectivity index (χ1) is 9.65. The Morgan fingerprint density at radius 1 is 1.10 bits per heavy atom. The summed E-state index contributed by atoms with van der Waals surface area (Å²) in [5.74, 6) is 0.834. The zero-order valence-electron chi connectivity index (χ0n) is 11.7. The Bertz CT molecular complexity index is 603. The largest absolute Gasteiger partial charge is 0.496 e. The normalized spacial score (nSPS) is 10.3. The van der Waals surface area contributed by atoms with E-state index >= 15 is 0 Å². The Morgan fingerprint density at radius 3 is 2.35 bits per heavy atom. The first-order valence-electron chi connectivity index (χ1n) is 6.63. The first-order valence-corrected chi connectivity index (χ1v) is 7.00. The minimum Gasteiger partial charge on any atom is -0.496 e. The van der Waals surface area contributed by atoms with Crippen LogP contribution in [0.3, 0.4) is 0 Å². The standard InChI is InChI=1S/C17H17ClO2/c1-3-4-13-11-14(7-10-16(13)20-2)17(19)12-5-8-15(18)9-6-12/h5-11H,3-4H2,1-2H3. The summed E-state index contributed by atoms with van der Waals surface area (Å²) in [6.07, 6.45) is 1.90. The van der Waals surface area contributed by atoms with Crippen molar-refractivity contribution in [2.45, 2.75) is 19.8 Å². The second kappa shape index (κ2) is 6.58. The number of methoxy groups -OCH3 is 1. The molecule has 0 radical (unpaired) electrons. The van der Waals surface area contributed by atoms with E-state index in [2.05, 4.69) is 6.92 Å². The highest BCUT2D eigenvalue weighted by atomic mass is 35.5. The van der Waals surface area contributed by atoms with E-state index in [1.807, 2.05) is 12.1 Å². The quantitative estimate of drug-likeness (QED) is 0.756. The summed E-state index contributed by atoms with van der Waals surface area (Å²) in [5.41, 5.74) is 2.38. The maximum Gasteiger partial charge on any atom is 0.193 e. The molecule has 0 bridgehead atoms. The zero-order valence-corrected chi connectivity index (χ0v) is 12.4. The van der Waals surface area contributed by atoms with Crippen LogP contribution in [-0.4, -0.2) is 12.9 Å². The third-order valence-electron chi connectivity index (χ3n) is 3.17. The van der Waals surface area contributed by atoms with Crippen LogP contribution in [0.15, 0.2) is 42.5 Å². The maximum atomic E-state index is 12.4. The molecule has 0 aliphatic rings. The van der Waals surface area contributed by atoms with Crippen molar-refractivity contribution in [3.63, 3.8) is 0 Å². The molecule has 2 aromatic rings. The van der Waals surface area contributed by atoms with Crippen molar-refractivity contribution < 1.29 is 9.53 Å². The van der Waals surface area contributed by atoms with Gasteiger partial charge in [-0.3, -0.25) is 4.79 Å². The van der Waals surface area contributed by atoms with Gasteiger partial charge in [-0.2, -0.15) is 0 Å². The predicted octanol–water partition coefficient (Wildman–Crippen LogP) is 4.53. The molecule has 0 saturated carbocycles. The predicted molar refractivity (Wildman–Crippen MR) is 81.9 cm³/mol. The summed E-state index contributed by atoms with van der Waals surface area (Å²) in [6.45, 7) is 2.10. The van der Waals surface area contributed by atoms with E-state index in [0.717, 1.165) is 24.2 Å². The number of aryl methyl sites for hydroxylation is 1. The van der Waals surface area contributed by atoms with Crippen LogP contribution < -0.4 is 4.74 Å². The first kappa shape index (κ1) is 14.6. The topological polar surface area (TPSA) is 26.3 Å². The van der Waals surface area contributed by atoms with E-state index in [0.29, 0.717) is 16.1 Å². The lowest BCUT2D eigenvalue weighted by Gasteiger charge is -2.10. The van der Waals surface area contributed by atoms with Crippen LogP contribution >= 0.6 is 11.6 Å². The Balaban J connectivity index is 2.34. The number of hydrogen-bond donors (Lipinski definition) is 0. The summed E-state index contributed by atoms with van der Waals surface area (Å²) in [4.78, 5) is 12.4. The van der Waals surface area contributed by atoms with Crippen molar-refractivity contribution in [2.75, 3.05) is 7.11 Å². The van der Waals surface area contributed by atoms with Crippen LogP contribution in [0.4, 0.5) is 0 Å². The average molecular weight is 289 g/mol. The second-order valence-electron chi connectivity index (χ2n) is 4.61. The van der Waals surface area contributed by atoms with Gasteiger partial charge in [-0.15, -0.1) is 0 Å². The van der Waals surface area contributed by atoms with Gasteiger partial charge in [0, 0.05) is 16.1 Å². The second-order valence-corrected chi connectivity index (χ2v) is 5.05. The molecule has 20 heavy (non-hydrogen) atoms. The van der Waals surface area contributed by atoms with E-state index < -0.39 is 0 Å². The smallest absolute Gasteiger partial charge is 0.193 e. The van der Waals surface area contributed by atoms with Gasteiger partial charge in [0.2, 0.25) is 0 Å². The van der Waals surface area contributed by atoms with Crippen molar-refractivity contribution in [1.82, 2.24) is 0 Å². The van der Waals surface area contributed by atoms with Crippen LogP contribution in [0, 0.1) is 0 Å². The van der Waals surface area contributed by atoms with E-state index in [9.17, 15) is 4.79 Å². The van der Waals surface area contributed by atoms with Gasteiger partial charge in [-0.05, 0) is 54.4 Å². The van der Waals surface area contributed by atoms with E-state index in [1.54, 1.807) is 37.4 Å². The molecule has 0 N–H and O–H groups in total. The summed E-state index contributed by atoms with van der Waals surface area (Å²) in [5, 5.41) is 0.628. The van der Waals surface area contributed by atoms with Crippen molar-refractivity contribution in [2.24, 2.45) is 0 Å². The minimum atomic E-state index is 0.00155. The number of ketones is 1. The number of benzene rings is 2. The number of halogens is 1. The number of ether oxygens (including phenoxy) is 1. The van der Waals surface area contributed by atoms with Crippen LogP contribution in [0.1, 0.15) is 34.8 Å². The van der Waals surface area contributed by atoms with Gasteiger partial charge in [-0.25, -0.2) is 0 Å². The molecular formula is C17H17ClO2. The average Bonchev–Trinajstić information content (AvgIpc) is 2.47. The SMILES string of the molecule is CCCc1cc(C(=O)c2ccc(Cl)cc2)ccc1OC. The Hall–Kier alpha value is -1.80. The highest BCUT2D eigenvalue weighted by molar-refractivity contribution is 6.30. The molecule has 0 spiro atoms. The molecule has 0 aliphatic heterocycles. The molecule has 0 fully saturated rings. The Labute approximate surface area is 124 Å². The third-order valence-corrected chi connectivity index (χ3v) is 3.42. The van der Waals surface area contributed by atoms with Crippen molar-refractivity contribution in [3.8, 4) is 5.75 Å². The molecule has 3 heteroatoms. The van der Waals surface area contributed by atoms with Gasteiger partial charge in [-0.1, -0.05) is 24.9 Å². The van der Waals surface area contributed by atoms with E-state index in [4.69, 9.17) is 16.3 Å². The lowest BCUT2D eigenvalue weighted by molar-refractivity contribution is 0.103. The maximum absolute atomic E-state index is 12.4. The molecule has 0 unspecified atom stereocenters. The van der Waals surface area contributed by atoms with Gasteiger partial charge in [0.25, 0.3) is 0 Å². The third kappa shape index (κ3) is 3.20. The molecule has 0 aliphatic carbocycles. The highest BCUT2D eigenvalue weighted by Crippen LogP contribution is 2.23. The lowest BCUT2D eigenvalue weighted by Crippen LogP contribution is -2.03. The van der Waals surface area contributed by atoms with Crippen molar-refractivity contribution in [1.29, 1.82) is 0 Å². The number of carbonyl (C=O) groups excluding carboxylic acids is 1. The van der Waals surface area contributed by atoms with Gasteiger partial charge >= 0.3 is 0 Å². The molecule has 0 heterocycles. The molecule has 104 valence electrons. The summed E-state index contributed by atoms with van der Waals surface area (Å²) in [6, 6.07) is 12.5. The van der Waals surface area contributed by atoms with Gasteiger partial charge < -0.3 is 4.74 Å². The van der Waals surface area contributed by atoms with Gasteiger partial charge in [0.1, 0.15) is 5.75 Å². The Kier molecular flexibility index (Phi) is 4.80. The molecule has 0 saturated heterocycles. The molecular weight excluding hydrogens is 272 g/mol. The molecule has 0 atom stereocenters. The molecule has 2 nitrogen and oxygen atoms in total. The monoisotopic (exact) mass is 288 g/mol. The highest BCUT2D eigenvalue weighted by Gasteiger charge is 2.12. The van der Waals surface area contributed by atoms with Gasteiger partial charge in [0.05, 0.1) is 7.11 Å². The number of carbonyl (C=O) groups is 1. The van der Waals surface area contributed by atoms with Crippen molar-refractivity contribution >= 4 is 17.4 Å². The molecule has 0 aromatic heterocycles. The summed E-state index contributed by atoms with van der Waals surface area (Å²) >= 11 is 5.84. The Morgan fingerprint density at radius 2 is 1.75 bits per heavy atom. The minimum absolute atomic E-state index is 0.00155. The fourth-order valence-corrected chi connectivity index (χ4v) is 2.28. The van der Waals surface area contributed by atoms with Crippen molar-refractivity contribution in [3.05, 3.63) is 64.2 Å². The molecule has 2 rings (SSSR count). The number of hydrogen-bond acceptors (Lipinski definition) is 2. The fraction of sp³-hybridized carbons (Fsp3) is 0.235. The van der Waals surface area contributed by atoms with Crippen LogP contribution in [-0.2, 0) is 6.42 Å². The zero-order chi connectivity index (χ0) is 14.5. The fourth-order valence-electron chi connectivity index (χ4n) is 2.15. The molecule has 0 amide bonds. The van der Waals surface area contributed by atoms with Crippen LogP contribution in [0.2, 0.25) is 5.02 Å².